The number of halogens is 1. The number of benzene rings is 1. The highest BCUT2D eigenvalue weighted by Gasteiger charge is 1.99. The summed E-state index contributed by atoms with van der Waals surface area (Å²) >= 11 is 0. The zero-order valence-electron chi connectivity index (χ0n) is 10.0. The summed E-state index contributed by atoms with van der Waals surface area (Å²) in [5.41, 5.74) is 1.66. The molecular weight excluding hydrogens is 187 g/mol. The number of hydrogen-bond acceptors (Lipinski definition) is 0. The standard InChI is InChI=1S/C12H13F.C2H6/c1-3-5-10-7-8-12(13)11(9-10)6-4-2;1-2/h7-9H,3,5H2,1-2H3;1-2H3. The van der Waals surface area contributed by atoms with E-state index in [9.17, 15) is 4.39 Å². The predicted molar refractivity (Wildman–Crippen MR) is 64.3 cm³/mol. The minimum Gasteiger partial charge on any atom is -0.206 e. The van der Waals surface area contributed by atoms with Crippen LogP contribution in [0.3, 0.4) is 0 Å². The first-order valence-electron chi connectivity index (χ1n) is 5.49. The van der Waals surface area contributed by atoms with Crippen molar-refractivity contribution in [2.45, 2.75) is 40.5 Å². The Balaban J connectivity index is 0.000000921. The van der Waals surface area contributed by atoms with Crippen LogP contribution in [-0.4, -0.2) is 0 Å². The van der Waals surface area contributed by atoms with Gasteiger partial charge in [0.2, 0.25) is 0 Å². The summed E-state index contributed by atoms with van der Waals surface area (Å²) in [7, 11) is 0. The van der Waals surface area contributed by atoms with Gasteiger partial charge in [-0.05, 0) is 31.0 Å². The van der Waals surface area contributed by atoms with Crippen LogP contribution in [0.1, 0.15) is 45.2 Å². The van der Waals surface area contributed by atoms with E-state index in [1.54, 1.807) is 6.92 Å². The van der Waals surface area contributed by atoms with E-state index < -0.39 is 0 Å². The molecule has 1 heteroatoms. The quantitative estimate of drug-likeness (QED) is 0.637. The molecule has 0 heterocycles. The molecule has 0 unspecified atom stereocenters. The van der Waals surface area contributed by atoms with Crippen LogP contribution < -0.4 is 0 Å². The molecule has 0 fully saturated rings. The van der Waals surface area contributed by atoms with Crippen LogP contribution in [0.2, 0.25) is 0 Å². The van der Waals surface area contributed by atoms with Gasteiger partial charge in [-0.25, -0.2) is 4.39 Å². The van der Waals surface area contributed by atoms with Gasteiger partial charge in [0.05, 0.1) is 5.56 Å². The van der Waals surface area contributed by atoms with Gasteiger partial charge in [-0.3, -0.25) is 0 Å². The summed E-state index contributed by atoms with van der Waals surface area (Å²) in [6.07, 6.45) is 2.06. The zero-order chi connectivity index (χ0) is 11.7. The fourth-order valence-corrected chi connectivity index (χ4v) is 1.25. The van der Waals surface area contributed by atoms with E-state index in [1.807, 2.05) is 26.0 Å². The Bertz CT molecular complexity index is 342. The molecule has 1 aromatic carbocycles. The minimum absolute atomic E-state index is 0.228. The second kappa shape index (κ2) is 8.05. The van der Waals surface area contributed by atoms with Crippen LogP contribution in [0.15, 0.2) is 18.2 Å². The lowest BCUT2D eigenvalue weighted by atomic mass is 10.1. The summed E-state index contributed by atoms with van der Waals surface area (Å²) in [4.78, 5) is 0. The fourth-order valence-electron chi connectivity index (χ4n) is 1.25. The van der Waals surface area contributed by atoms with E-state index in [0.717, 1.165) is 18.4 Å². The lowest BCUT2D eigenvalue weighted by molar-refractivity contribution is 0.623. The number of aryl methyl sites for hydroxylation is 1. The summed E-state index contributed by atoms with van der Waals surface area (Å²) < 4.78 is 13.1. The summed E-state index contributed by atoms with van der Waals surface area (Å²) in [6, 6.07) is 5.14. The Labute approximate surface area is 92.5 Å². The summed E-state index contributed by atoms with van der Waals surface area (Å²) in [5, 5.41) is 0. The molecule has 0 aliphatic carbocycles. The monoisotopic (exact) mass is 206 g/mol. The molecule has 82 valence electrons. The molecule has 15 heavy (non-hydrogen) atoms. The van der Waals surface area contributed by atoms with E-state index in [4.69, 9.17) is 0 Å². The molecule has 0 aliphatic heterocycles. The zero-order valence-corrected chi connectivity index (χ0v) is 10.0. The average Bonchev–Trinajstić information content (AvgIpc) is 2.27. The number of hydrogen-bond donors (Lipinski definition) is 0. The SMILES string of the molecule is CC.CC#Cc1cc(CCC)ccc1F. The maximum absolute atomic E-state index is 13.1. The molecule has 0 atom stereocenters. The van der Waals surface area contributed by atoms with Gasteiger partial charge < -0.3 is 0 Å². The predicted octanol–water partition coefficient (Wildman–Crippen LogP) is 4.18. The van der Waals surface area contributed by atoms with Crippen LogP contribution >= 0.6 is 0 Å². The third-order valence-corrected chi connectivity index (χ3v) is 1.83. The van der Waals surface area contributed by atoms with Crippen molar-refractivity contribution in [1.82, 2.24) is 0 Å². The van der Waals surface area contributed by atoms with Crippen LogP contribution in [0.25, 0.3) is 0 Å². The van der Waals surface area contributed by atoms with Crippen molar-refractivity contribution in [1.29, 1.82) is 0 Å². The van der Waals surface area contributed by atoms with Crippen LogP contribution in [0.5, 0.6) is 0 Å². The first-order valence-corrected chi connectivity index (χ1v) is 5.49. The Hall–Kier alpha value is -1.29. The minimum atomic E-state index is -0.228. The van der Waals surface area contributed by atoms with Crippen molar-refractivity contribution in [2.24, 2.45) is 0 Å². The Kier molecular flexibility index (Phi) is 7.36. The Morgan fingerprint density at radius 3 is 2.47 bits per heavy atom. The molecule has 0 spiro atoms. The van der Waals surface area contributed by atoms with Crippen molar-refractivity contribution in [2.75, 3.05) is 0 Å². The van der Waals surface area contributed by atoms with Crippen LogP contribution in [0.4, 0.5) is 4.39 Å². The van der Waals surface area contributed by atoms with Gasteiger partial charge in [0.15, 0.2) is 0 Å². The first kappa shape index (κ1) is 13.7. The van der Waals surface area contributed by atoms with Crippen molar-refractivity contribution in [3.8, 4) is 11.8 Å². The normalized spacial score (nSPS) is 8.33. The van der Waals surface area contributed by atoms with Gasteiger partial charge in [0.25, 0.3) is 0 Å². The molecule has 0 radical (unpaired) electrons. The molecule has 0 saturated carbocycles. The van der Waals surface area contributed by atoms with Gasteiger partial charge in [0.1, 0.15) is 5.82 Å². The highest BCUT2D eigenvalue weighted by atomic mass is 19.1. The van der Waals surface area contributed by atoms with E-state index in [0.29, 0.717) is 5.56 Å². The topological polar surface area (TPSA) is 0 Å². The molecule has 0 bridgehead atoms. The maximum Gasteiger partial charge on any atom is 0.138 e. The number of rotatable bonds is 2. The average molecular weight is 206 g/mol. The van der Waals surface area contributed by atoms with Crippen LogP contribution in [0, 0.1) is 17.7 Å². The summed E-state index contributed by atoms with van der Waals surface area (Å²) in [6.45, 7) is 7.82. The highest BCUT2D eigenvalue weighted by molar-refractivity contribution is 5.38. The van der Waals surface area contributed by atoms with Gasteiger partial charge >= 0.3 is 0 Å². The molecule has 1 aromatic rings. The first-order chi connectivity index (χ1) is 7.27. The van der Waals surface area contributed by atoms with Crippen molar-refractivity contribution < 1.29 is 4.39 Å². The Morgan fingerprint density at radius 1 is 1.27 bits per heavy atom. The van der Waals surface area contributed by atoms with Crippen LogP contribution in [-0.2, 0) is 6.42 Å². The van der Waals surface area contributed by atoms with Crippen molar-refractivity contribution >= 4 is 0 Å². The fraction of sp³-hybridized carbons (Fsp3) is 0.429. The van der Waals surface area contributed by atoms with Gasteiger partial charge in [-0.15, -0.1) is 5.92 Å². The van der Waals surface area contributed by atoms with E-state index in [-0.39, 0.29) is 5.82 Å². The molecule has 0 aliphatic rings. The molecule has 0 aromatic heterocycles. The van der Waals surface area contributed by atoms with E-state index >= 15 is 0 Å². The maximum atomic E-state index is 13.1. The lowest BCUT2D eigenvalue weighted by Crippen LogP contribution is -1.88. The third-order valence-electron chi connectivity index (χ3n) is 1.83. The molecule has 0 amide bonds. The molecule has 0 nitrogen and oxygen atoms in total. The lowest BCUT2D eigenvalue weighted by Gasteiger charge is -2.00. The van der Waals surface area contributed by atoms with E-state index in [1.165, 1.54) is 6.07 Å². The molecule has 1 rings (SSSR count). The molecule has 0 saturated heterocycles. The van der Waals surface area contributed by atoms with E-state index in [2.05, 4.69) is 18.8 Å². The molecule has 0 N–H and O–H groups in total. The van der Waals surface area contributed by atoms with Crippen molar-refractivity contribution in [3.63, 3.8) is 0 Å². The second-order valence-corrected chi connectivity index (χ2v) is 2.94. The van der Waals surface area contributed by atoms with Gasteiger partial charge in [-0.1, -0.05) is 39.2 Å². The Morgan fingerprint density at radius 2 is 1.93 bits per heavy atom. The largest absolute Gasteiger partial charge is 0.206 e. The van der Waals surface area contributed by atoms with Gasteiger partial charge in [0, 0.05) is 0 Å². The smallest absolute Gasteiger partial charge is 0.138 e. The highest BCUT2D eigenvalue weighted by Crippen LogP contribution is 2.10. The van der Waals surface area contributed by atoms with Gasteiger partial charge in [-0.2, -0.15) is 0 Å². The summed E-state index contributed by atoms with van der Waals surface area (Å²) in [5.74, 6) is 5.23. The second-order valence-electron chi connectivity index (χ2n) is 2.94. The van der Waals surface area contributed by atoms with Crippen molar-refractivity contribution in [3.05, 3.63) is 35.1 Å². The third kappa shape index (κ3) is 4.65. The molecular formula is C14H19F.